The van der Waals surface area contributed by atoms with Crippen molar-refractivity contribution in [3.05, 3.63) is 34.1 Å². The number of rotatable bonds is 6. The molecule has 0 heterocycles. The molecule has 1 aromatic carbocycles. The minimum Gasteiger partial charge on any atom is -0.485 e. The van der Waals surface area contributed by atoms with E-state index in [2.05, 4.69) is 0 Å². The Morgan fingerprint density at radius 1 is 1.53 bits per heavy atom. The van der Waals surface area contributed by atoms with Gasteiger partial charge >= 0.3 is 11.7 Å². The Hall–Kier alpha value is -2.18. The molecule has 0 aliphatic carbocycles. The monoisotopic (exact) mass is 271 g/mol. The fourth-order valence-corrected chi connectivity index (χ4v) is 1.30. The molecule has 1 rings (SSSR count). The highest BCUT2D eigenvalue weighted by molar-refractivity contribution is 5.73. The van der Waals surface area contributed by atoms with E-state index in [1.54, 1.807) is 0 Å². The summed E-state index contributed by atoms with van der Waals surface area (Å²) in [5, 5.41) is 19.6. The molecule has 0 aliphatic rings. The number of nitro benzene ring substituents is 1. The third kappa shape index (κ3) is 3.64. The smallest absolute Gasteiger partial charge is 0.314 e. The molecule has 0 bridgehead atoms. The zero-order valence-electron chi connectivity index (χ0n) is 10.6. The lowest BCUT2D eigenvalue weighted by molar-refractivity contribution is -0.386. The topological polar surface area (TPSA) is 89.7 Å². The minimum atomic E-state index is -1.04. The van der Waals surface area contributed by atoms with Gasteiger partial charge in [0.25, 0.3) is 0 Å². The van der Waals surface area contributed by atoms with Gasteiger partial charge in [-0.15, -0.1) is 0 Å². The average molecular weight is 271 g/mol. The molecule has 1 aromatic rings. The van der Waals surface area contributed by atoms with Gasteiger partial charge in [0.15, 0.2) is 5.82 Å². The first-order valence-corrected chi connectivity index (χ1v) is 5.55. The van der Waals surface area contributed by atoms with E-state index in [0.29, 0.717) is 0 Å². The lowest BCUT2D eigenvalue weighted by Crippen LogP contribution is -2.26. The number of halogens is 1. The van der Waals surface area contributed by atoms with Crippen LogP contribution in [0.25, 0.3) is 0 Å². The molecule has 0 atom stereocenters. The summed E-state index contributed by atoms with van der Waals surface area (Å²) in [5.41, 5.74) is -1.52. The first kappa shape index (κ1) is 14.9. The number of carbonyl (C=O) groups is 1. The van der Waals surface area contributed by atoms with Crippen LogP contribution < -0.4 is 4.74 Å². The van der Waals surface area contributed by atoms with Gasteiger partial charge in [0.2, 0.25) is 5.75 Å². The molecule has 7 heteroatoms. The molecule has 0 unspecified atom stereocenters. The van der Waals surface area contributed by atoms with Gasteiger partial charge in [0.05, 0.1) is 16.9 Å². The Bertz CT molecular complexity index is 501. The van der Waals surface area contributed by atoms with Gasteiger partial charge in [-0.2, -0.15) is 0 Å². The first-order valence-electron chi connectivity index (χ1n) is 5.55. The molecule has 0 radical (unpaired) electrons. The number of para-hydroxylation sites is 1. The number of hydrogen-bond acceptors (Lipinski definition) is 4. The average Bonchev–Trinajstić information content (AvgIpc) is 2.30. The second-order valence-corrected chi connectivity index (χ2v) is 4.63. The summed E-state index contributed by atoms with van der Waals surface area (Å²) in [4.78, 5) is 20.8. The van der Waals surface area contributed by atoms with Crippen LogP contribution in [0.3, 0.4) is 0 Å². The molecule has 104 valence electrons. The van der Waals surface area contributed by atoms with E-state index in [1.807, 2.05) is 0 Å². The second-order valence-electron chi connectivity index (χ2n) is 4.63. The van der Waals surface area contributed by atoms with E-state index in [0.717, 1.165) is 12.1 Å². The number of nitro groups is 1. The number of hydrogen-bond donors (Lipinski definition) is 1. The molecule has 1 N–H and O–H groups in total. The van der Waals surface area contributed by atoms with Crippen molar-refractivity contribution in [2.45, 2.75) is 20.3 Å². The Kier molecular flexibility index (Phi) is 4.42. The second kappa shape index (κ2) is 5.64. The summed E-state index contributed by atoms with van der Waals surface area (Å²) < 4.78 is 18.5. The molecule has 0 aromatic heterocycles. The van der Waals surface area contributed by atoms with Gasteiger partial charge in [-0.25, -0.2) is 4.39 Å². The third-order valence-electron chi connectivity index (χ3n) is 2.70. The maximum absolute atomic E-state index is 13.4. The number of aliphatic carboxylic acids is 1. The molecular weight excluding hydrogens is 257 g/mol. The lowest BCUT2D eigenvalue weighted by atomic mass is 9.90. The Balaban J connectivity index is 2.79. The fraction of sp³-hybridized carbons (Fsp3) is 0.417. The summed E-state index contributed by atoms with van der Waals surface area (Å²) in [6.07, 6.45) is 0.105. The molecule has 0 fully saturated rings. The van der Waals surface area contributed by atoms with Crippen LogP contribution in [0.5, 0.6) is 5.75 Å². The molecule has 6 nitrogen and oxygen atoms in total. The predicted molar refractivity (Wildman–Crippen MR) is 64.6 cm³/mol. The van der Waals surface area contributed by atoms with Gasteiger partial charge in [-0.1, -0.05) is 6.07 Å². The van der Waals surface area contributed by atoms with Gasteiger partial charge in [0.1, 0.15) is 0 Å². The van der Waals surface area contributed by atoms with Crippen LogP contribution in [0.2, 0.25) is 0 Å². The SMILES string of the molecule is CC(C)(CCOc1c(F)cccc1[N+](=O)[O-])C(=O)O. The van der Waals surface area contributed by atoms with E-state index >= 15 is 0 Å². The molecule has 0 saturated carbocycles. The highest BCUT2D eigenvalue weighted by Gasteiger charge is 2.28. The van der Waals surface area contributed by atoms with Crippen molar-refractivity contribution in [1.82, 2.24) is 0 Å². The maximum atomic E-state index is 13.4. The Morgan fingerprint density at radius 2 is 2.16 bits per heavy atom. The summed E-state index contributed by atoms with van der Waals surface area (Å²) in [6, 6.07) is 3.38. The van der Waals surface area contributed by atoms with Crippen molar-refractivity contribution in [3.8, 4) is 5.75 Å². The molecule has 0 amide bonds. The predicted octanol–water partition coefficient (Wildman–Crippen LogP) is 2.61. The van der Waals surface area contributed by atoms with E-state index in [-0.39, 0.29) is 13.0 Å². The van der Waals surface area contributed by atoms with Crippen molar-refractivity contribution < 1.29 is 24.0 Å². The third-order valence-corrected chi connectivity index (χ3v) is 2.70. The van der Waals surface area contributed by atoms with Crippen LogP contribution in [-0.4, -0.2) is 22.6 Å². The summed E-state index contributed by atoms with van der Waals surface area (Å²) in [6.45, 7) is 2.87. The molecule has 0 spiro atoms. The normalized spacial score (nSPS) is 11.1. The number of benzene rings is 1. The van der Waals surface area contributed by atoms with Crippen LogP contribution in [0.1, 0.15) is 20.3 Å². The number of nitrogens with zero attached hydrogens (tertiary/aromatic N) is 1. The first-order chi connectivity index (χ1) is 8.75. The van der Waals surface area contributed by atoms with Gasteiger partial charge < -0.3 is 9.84 Å². The van der Waals surface area contributed by atoms with Gasteiger partial charge in [-0.3, -0.25) is 14.9 Å². The van der Waals surface area contributed by atoms with Crippen LogP contribution in [0.15, 0.2) is 18.2 Å². The van der Waals surface area contributed by atoms with E-state index in [9.17, 15) is 19.3 Å². The van der Waals surface area contributed by atoms with Crippen molar-refractivity contribution in [2.24, 2.45) is 5.41 Å². The quantitative estimate of drug-likeness (QED) is 0.634. The number of ether oxygens (including phenoxy) is 1. The van der Waals surface area contributed by atoms with E-state index < -0.39 is 33.6 Å². The van der Waals surface area contributed by atoms with E-state index in [4.69, 9.17) is 9.84 Å². The lowest BCUT2D eigenvalue weighted by Gasteiger charge is -2.18. The van der Waals surface area contributed by atoms with Crippen molar-refractivity contribution >= 4 is 11.7 Å². The molecule has 19 heavy (non-hydrogen) atoms. The zero-order valence-corrected chi connectivity index (χ0v) is 10.6. The number of carboxylic acids is 1. The van der Waals surface area contributed by atoms with Crippen molar-refractivity contribution in [2.75, 3.05) is 6.61 Å². The number of carboxylic acid groups (broad SMARTS) is 1. The van der Waals surface area contributed by atoms with Crippen LogP contribution in [-0.2, 0) is 4.79 Å². The van der Waals surface area contributed by atoms with Crippen LogP contribution in [0, 0.1) is 21.3 Å². The van der Waals surface area contributed by atoms with Gasteiger partial charge in [0, 0.05) is 6.07 Å². The maximum Gasteiger partial charge on any atom is 0.314 e. The van der Waals surface area contributed by atoms with Crippen LogP contribution in [0.4, 0.5) is 10.1 Å². The summed E-state index contributed by atoms with van der Waals surface area (Å²) >= 11 is 0. The fourth-order valence-electron chi connectivity index (χ4n) is 1.30. The minimum absolute atomic E-state index is 0.105. The summed E-state index contributed by atoms with van der Waals surface area (Å²) in [5.74, 6) is -2.32. The highest BCUT2D eigenvalue weighted by atomic mass is 19.1. The zero-order chi connectivity index (χ0) is 14.6. The van der Waals surface area contributed by atoms with Gasteiger partial charge in [-0.05, 0) is 26.3 Å². The molecule has 0 saturated heterocycles. The molecule has 0 aliphatic heterocycles. The Morgan fingerprint density at radius 3 is 2.68 bits per heavy atom. The van der Waals surface area contributed by atoms with Crippen molar-refractivity contribution in [1.29, 1.82) is 0 Å². The van der Waals surface area contributed by atoms with E-state index in [1.165, 1.54) is 19.9 Å². The highest BCUT2D eigenvalue weighted by Crippen LogP contribution is 2.30. The summed E-state index contributed by atoms with van der Waals surface area (Å²) in [7, 11) is 0. The largest absolute Gasteiger partial charge is 0.485 e. The van der Waals surface area contributed by atoms with Crippen molar-refractivity contribution in [3.63, 3.8) is 0 Å². The Labute approximate surface area is 109 Å². The van der Waals surface area contributed by atoms with Crippen LogP contribution >= 0.6 is 0 Å². The standard InChI is InChI=1S/C12H14FNO5/c1-12(2,11(15)16)6-7-19-10-8(13)4-3-5-9(10)14(17)18/h3-5H,6-7H2,1-2H3,(H,15,16). The molecular formula is C12H14FNO5.